The molecule has 62 valence electrons. The number of rotatable bonds is 2. The van der Waals surface area contributed by atoms with Gasteiger partial charge in [-0.2, -0.15) is 5.26 Å². The summed E-state index contributed by atoms with van der Waals surface area (Å²) in [6.45, 7) is 0.681. The molecule has 0 saturated carbocycles. The van der Waals surface area contributed by atoms with Crippen molar-refractivity contribution in [3.05, 3.63) is 0 Å². The van der Waals surface area contributed by atoms with Gasteiger partial charge in [0.2, 0.25) is 6.43 Å². The third-order valence-electron chi connectivity index (χ3n) is 1.96. The molecule has 0 amide bonds. The summed E-state index contributed by atoms with van der Waals surface area (Å²) in [5, 5.41) is 11.4. The molecule has 1 unspecified atom stereocenters. The normalized spacial score (nSPS) is 30.7. The second kappa shape index (κ2) is 3.14. The van der Waals surface area contributed by atoms with Crippen LogP contribution in [0.25, 0.3) is 0 Å². The van der Waals surface area contributed by atoms with Crippen molar-refractivity contribution in [1.82, 2.24) is 5.32 Å². The van der Waals surface area contributed by atoms with Crippen molar-refractivity contribution in [2.45, 2.75) is 31.2 Å². The Balaban J connectivity index is 2.54. The van der Waals surface area contributed by atoms with E-state index in [2.05, 4.69) is 5.32 Å². The van der Waals surface area contributed by atoms with Gasteiger partial charge in [-0.15, -0.1) is 0 Å². The van der Waals surface area contributed by atoms with E-state index >= 15 is 0 Å². The topological polar surface area (TPSA) is 35.8 Å². The quantitative estimate of drug-likeness (QED) is 0.660. The van der Waals surface area contributed by atoms with E-state index in [4.69, 9.17) is 5.26 Å². The summed E-state index contributed by atoms with van der Waals surface area (Å²) >= 11 is 0. The predicted molar refractivity (Wildman–Crippen MR) is 36.2 cm³/mol. The molecule has 1 aliphatic heterocycles. The summed E-state index contributed by atoms with van der Waals surface area (Å²) in [7, 11) is 0. The summed E-state index contributed by atoms with van der Waals surface area (Å²) in [6.07, 6.45) is -1.36. The van der Waals surface area contributed by atoms with Crippen LogP contribution in [-0.4, -0.2) is 18.5 Å². The molecule has 0 aromatic carbocycles. The van der Waals surface area contributed by atoms with E-state index in [1.807, 2.05) is 6.07 Å². The second-order valence-electron chi connectivity index (χ2n) is 2.82. The molecule has 1 N–H and O–H groups in total. The van der Waals surface area contributed by atoms with Crippen LogP contribution in [-0.2, 0) is 0 Å². The Morgan fingerprint density at radius 3 is 2.73 bits per heavy atom. The van der Waals surface area contributed by atoms with E-state index < -0.39 is 12.0 Å². The molecule has 4 heteroatoms. The van der Waals surface area contributed by atoms with Crippen molar-refractivity contribution in [1.29, 1.82) is 5.26 Å². The fourth-order valence-corrected chi connectivity index (χ4v) is 1.38. The maximum Gasteiger partial charge on any atom is 0.241 e. The monoisotopic (exact) mass is 160 g/mol. The van der Waals surface area contributed by atoms with E-state index in [0.29, 0.717) is 13.0 Å². The zero-order valence-electron chi connectivity index (χ0n) is 6.11. The highest BCUT2D eigenvalue weighted by molar-refractivity contribution is 5.10. The number of hydrogen-bond acceptors (Lipinski definition) is 2. The van der Waals surface area contributed by atoms with Gasteiger partial charge in [-0.1, -0.05) is 0 Å². The number of nitrogens with zero attached hydrogens (tertiary/aromatic N) is 1. The summed E-state index contributed by atoms with van der Waals surface area (Å²) in [4.78, 5) is 0. The summed E-state index contributed by atoms with van der Waals surface area (Å²) in [5.41, 5.74) is -0.936. The van der Waals surface area contributed by atoms with Gasteiger partial charge in [0.05, 0.1) is 6.07 Å². The number of nitriles is 1. The molecule has 1 atom stereocenters. The average molecular weight is 160 g/mol. The Hall–Kier alpha value is -0.690. The molecule has 0 radical (unpaired) electrons. The smallest absolute Gasteiger partial charge is 0.241 e. The standard InChI is InChI=1S/C7H10F2N2/c8-6(9)4-7(5-10)2-1-3-11-7/h6,11H,1-4H2. The van der Waals surface area contributed by atoms with E-state index in [1.54, 1.807) is 0 Å². The largest absolute Gasteiger partial charge is 0.299 e. The van der Waals surface area contributed by atoms with Crippen molar-refractivity contribution in [3.63, 3.8) is 0 Å². The van der Waals surface area contributed by atoms with Crippen LogP contribution in [0.5, 0.6) is 0 Å². The van der Waals surface area contributed by atoms with E-state index in [-0.39, 0.29) is 6.42 Å². The highest BCUT2D eigenvalue weighted by atomic mass is 19.3. The van der Waals surface area contributed by atoms with Crippen molar-refractivity contribution in [3.8, 4) is 6.07 Å². The Morgan fingerprint density at radius 2 is 2.36 bits per heavy atom. The van der Waals surface area contributed by atoms with Gasteiger partial charge in [-0.25, -0.2) is 8.78 Å². The van der Waals surface area contributed by atoms with Crippen LogP contribution in [0.3, 0.4) is 0 Å². The molecule has 1 aliphatic rings. The number of hydrogen-bond donors (Lipinski definition) is 1. The maximum absolute atomic E-state index is 11.9. The van der Waals surface area contributed by atoms with Gasteiger partial charge < -0.3 is 0 Å². The Morgan fingerprint density at radius 1 is 1.64 bits per heavy atom. The molecule has 0 bridgehead atoms. The maximum atomic E-state index is 11.9. The van der Waals surface area contributed by atoms with Crippen molar-refractivity contribution in [2.75, 3.05) is 6.54 Å². The van der Waals surface area contributed by atoms with Crippen LogP contribution < -0.4 is 5.32 Å². The van der Waals surface area contributed by atoms with Gasteiger partial charge in [0.15, 0.2) is 0 Å². The Kier molecular flexibility index (Phi) is 2.40. The van der Waals surface area contributed by atoms with Crippen LogP contribution in [0.15, 0.2) is 0 Å². The SMILES string of the molecule is N#CC1(CC(F)F)CCCN1. The highest BCUT2D eigenvalue weighted by Crippen LogP contribution is 2.25. The van der Waals surface area contributed by atoms with Crippen molar-refractivity contribution in [2.24, 2.45) is 0 Å². The molecule has 0 aromatic heterocycles. The zero-order valence-corrected chi connectivity index (χ0v) is 6.11. The lowest BCUT2D eigenvalue weighted by Crippen LogP contribution is -2.39. The van der Waals surface area contributed by atoms with Crippen molar-refractivity contribution < 1.29 is 8.78 Å². The summed E-state index contributed by atoms with van der Waals surface area (Å²) in [6, 6.07) is 1.92. The zero-order chi connectivity index (χ0) is 8.32. The lowest BCUT2D eigenvalue weighted by molar-refractivity contribution is 0.112. The van der Waals surface area contributed by atoms with E-state index in [0.717, 1.165) is 6.42 Å². The molecule has 0 aliphatic carbocycles. The second-order valence-corrected chi connectivity index (χ2v) is 2.82. The molecular weight excluding hydrogens is 150 g/mol. The van der Waals surface area contributed by atoms with E-state index in [9.17, 15) is 8.78 Å². The minimum atomic E-state index is -2.39. The molecule has 1 rings (SSSR count). The molecule has 1 fully saturated rings. The first kappa shape index (κ1) is 8.41. The number of halogens is 2. The number of alkyl halides is 2. The molecule has 0 aromatic rings. The first-order valence-corrected chi connectivity index (χ1v) is 3.63. The summed E-state index contributed by atoms with van der Waals surface area (Å²) in [5.74, 6) is 0. The summed E-state index contributed by atoms with van der Waals surface area (Å²) < 4.78 is 23.9. The lowest BCUT2D eigenvalue weighted by Gasteiger charge is -2.19. The Bertz CT molecular complexity index is 168. The van der Waals surface area contributed by atoms with Crippen molar-refractivity contribution >= 4 is 0 Å². The van der Waals surface area contributed by atoms with Gasteiger partial charge in [-0.3, -0.25) is 5.32 Å². The number of nitrogens with one attached hydrogen (secondary N) is 1. The molecule has 1 saturated heterocycles. The van der Waals surface area contributed by atoms with Gasteiger partial charge in [0.25, 0.3) is 0 Å². The van der Waals surface area contributed by atoms with Crippen LogP contribution >= 0.6 is 0 Å². The molecule has 2 nitrogen and oxygen atoms in total. The average Bonchev–Trinajstić information content (AvgIpc) is 2.36. The van der Waals surface area contributed by atoms with Crippen LogP contribution in [0.4, 0.5) is 8.78 Å². The van der Waals surface area contributed by atoms with Gasteiger partial charge in [0.1, 0.15) is 5.54 Å². The van der Waals surface area contributed by atoms with Crippen LogP contribution in [0.1, 0.15) is 19.3 Å². The fourth-order valence-electron chi connectivity index (χ4n) is 1.38. The predicted octanol–water partition coefficient (Wildman–Crippen LogP) is 1.29. The fraction of sp³-hybridized carbons (Fsp3) is 0.857. The Labute approximate surface area is 64.2 Å². The van der Waals surface area contributed by atoms with Gasteiger partial charge in [-0.05, 0) is 19.4 Å². The minimum absolute atomic E-state index is 0.344. The van der Waals surface area contributed by atoms with Crippen LogP contribution in [0, 0.1) is 11.3 Å². The first-order chi connectivity index (χ1) is 5.18. The molecule has 0 spiro atoms. The lowest BCUT2D eigenvalue weighted by atomic mass is 9.96. The third-order valence-corrected chi connectivity index (χ3v) is 1.96. The highest BCUT2D eigenvalue weighted by Gasteiger charge is 2.36. The molecule has 1 heterocycles. The first-order valence-electron chi connectivity index (χ1n) is 3.63. The molecular formula is C7H10F2N2. The minimum Gasteiger partial charge on any atom is -0.299 e. The van der Waals surface area contributed by atoms with Gasteiger partial charge >= 0.3 is 0 Å². The third kappa shape index (κ3) is 1.87. The van der Waals surface area contributed by atoms with Crippen LogP contribution in [0.2, 0.25) is 0 Å². The van der Waals surface area contributed by atoms with E-state index in [1.165, 1.54) is 0 Å². The van der Waals surface area contributed by atoms with Gasteiger partial charge in [0, 0.05) is 6.42 Å². The molecule has 11 heavy (non-hydrogen) atoms.